The van der Waals surface area contributed by atoms with Crippen molar-refractivity contribution in [3.05, 3.63) is 59.3 Å². The van der Waals surface area contributed by atoms with E-state index >= 15 is 0 Å². The van der Waals surface area contributed by atoms with Crippen molar-refractivity contribution in [2.45, 2.75) is 208 Å². The molecule has 1 aliphatic carbocycles. The van der Waals surface area contributed by atoms with Crippen LogP contribution in [0.3, 0.4) is 0 Å². The number of methoxy groups -OCH3 is 2. The maximum atomic E-state index is 14.4. The van der Waals surface area contributed by atoms with Gasteiger partial charge in [-0.2, -0.15) is 0 Å². The molecule has 0 aromatic rings. The summed E-state index contributed by atoms with van der Waals surface area (Å²) in [5.74, 6) is -4.14. The minimum atomic E-state index is -1.87. The van der Waals surface area contributed by atoms with Gasteiger partial charge in [0.05, 0.1) is 56.1 Å². The predicted molar refractivity (Wildman–Crippen MR) is 272 cm³/mol. The van der Waals surface area contributed by atoms with Crippen LogP contribution in [0.15, 0.2) is 59.3 Å². The molecule has 416 valence electrons. The van der Waals surface area contributed by atoms with Gasteiger partial charge in [0.25, 0.3) is 0 Å². The lowest BCUT2D eigenvalue weighted by molar-refractivity contribution is -0.319. The lowest BCUT2D eigenvalue weighted by Gasteiger charge is -2.48. The van der Waals surface area contributed by atoms with Crippen molar-refractivity contribution in [2.75, 3.05) is 27.4 Å². The van der Waals surface area contributed by atoms with E-state index in [1.54, 1.807) is 33.1 Å². The van der Waals surface area contributed by atoms with E-state index in [-0.39, 0.29) is 56.1 Å². The van der Waals surface area contributed by atoms with Crippen LogP contribution >= 0.6 is 34.8 Å². The molecule has 0 saturated carbocycles. The fraction of sp³-hybridized carbons (Fsp3) is 0.759. The Balaban J connectivity index is 1.08. The van der Waals surface area contributed by atoms with Crippen LogP contribution in [0.2, 0.25) is 0 Å². The van der Waals surface area contributed by atoms with Crippen molar-refractivity contribution in [1.82, 2.24) is 0 Å². The van der Waals surface area contributed by atoms with E-state index in [1.807, 2.05) is 39.0 Å². The number of esters is 3. The largest absolute Gasteiger partial charge is 0.462 e. The lowest BCUT2D eigenvalue weighted by atomic mass is 9.71. The molecule has 20 heteroatoms. The predicted octanol–water partition coefficient (Wildman–Crippen LogP) is 7.62. The van der Waals surface area contributed by atoms with Crippen molar-refractivity contribution in [2.24, 2.45) is 23.7 Å². The number of carbonyl (C=O) groups is 3. The summed E-state index contributed by atoms with van der Waals surface area (Å²) in [6.07, 6.45) is 6.27. The third-order valence-electron chi connectivity index (χ3n) is 15.7. The van der Waals surface area contributed by atoms with Crippen molar-refractivity contribution >= 4 is 52.7 Å². The van der Waals surface area contributed by atoms with Crippen LogP contribution in [0.4, 0.5) is 0 Å². The quantitative estimate of drug-likeness (QED) is 0.0788. The topological polar surface area (TPSA) is 202 Å². The summed E-state index contributed by atoms with van der Waals surface area (Å²) in [5, 5.41) is 23.8. The fourth-order valence-electron chi connectivity index (χ4n) is 11.4. The van der Waals surface area contributed by atoms with Gasteiger partial charge in [-0.1, -0.05) is 105 Å². The van der Waals surface area contributed by atoms with Gasteiger partial charge in [-0.25, -0.2) is 0 Å². The van der Waals surface area contributed by atoms with Gasteiger partial charge in [0.2, 0.25) is 3.79 Å². The van der Waals surface area contributed by atoms with Crippen LogP contribution in [0.5, 0.6) is 0 Å². The molecule has 2 bridgehead atoms. The van der Waals surface area contributed by atoms with Crippen LogP contribution in [-0.4, -0.2) is 157 Å². The highest BCUT2D eigenvalue weighted by Gasteiger charge is 2.60. The molecule has 0 unspecified atom stereocenters. The number of ether oxygens (including phenoxy) is 12. The standard InChI is InChI=1S/C54H77Cl3O17/c1-11-28(2)47-31(5)19-20-52(74-47)25-37-22-36(73-52)16-15-30(4)46(29(3)13-12-14-35-26-65-50-45(60)32(6)21-38(51(61)69-37)54(35,50)62)71-43-24-40(64-10)49(34(8)68-43)72-44-23-39(63-9)48(33(7)67-44)70-42(59)18-17-41(58)66-27-53(55,56)57/h12-15,19-21,28-29,31,33-34,36-40,43-50,60,62H,11,16-18,22-27H2,1-10H3/b13-12+,30-15+,35-14+/t28-,29-,31-,33-,34-,36+,37-,38-,39+,40+,43-,44-,45+,46-,47+,48-,49-,50+,52+,54+/m0/s1. The van der Waals surface area contributed by atoms with Gasteiger partial charge in [-0.05, 0) is 62.8 Å². The van der Waals surface area contributed by atoms with Gasteiger partial charge in [0.1, 0.15) is 48.6 Å². The maximum absolute atomic E-state index is 14.4. The SMILES string of the molecule is CC[C@H](C)[C@H]1O[C@]2(C=C[C@@H]1C)C[C@@H]1C[C@@H](C/C=C(\C)[C@@H](O[C@H]3C[C@@H](OC)[C@@H](O[C@H]4C[C@@H](OC)[C@@H](OC(=O)CCC(=O)OCC(Cl)(Cl)Cl)[C@H](C)O4)[C@H](C)O3)[C@@H](C)/C=C/C=C3\CO[C@@H]4[C@H](O)C(C)=C[C@@H](C(=O)O1)[C@]34O)O2. The summed E-state index contributed by atoms with van der Waals surface area (Å²) in [6, 6.07) is 0. The van der Waals surface area contributed by atoms with Crippen LogP contribution in [0.1, 0.15) is 107 Å². The van der Waals surface area contributed by atoms with Crippen molar-refractivity contribution in [3.8, 4) is 0 Å². The Morgan fingerprint density at radius 1 is 0.878 bits per heavy atom. The van der Waals surface area contributed by atoms with Crippen molar-refractivity contribution in [1.29, 1.82) is 0 Å². The van der Waals surface area contributed by atoms with Gasteiger partial charge in [-0.15, -0.1) is 0 Å². The number of hydrogen-bond donors (Lipinski definition) is 2. The van der Waals surface area contributed by atoms with E-state index in [9.17, 15) is 24.6 Å². The molecule has 0 radical (unpaired) electrons. The molecule has 6 aliphatic heterocycles. The molecule has 6 heterocycles. The third kappa shape index (κ3) is 13.9. The molecule has 2 N–H and O–H groups in total. The van der Waals surface area contributed by atoms with Crippen LogP contribution in [0.25, 0.3) is 0 Å². The number of halogens is 3. The van der Waals surface area contributed by atoms with Crippen LogP contribution in [-0.2, 0) is 71.2 Å². The molecule has 1 spiro atoms. The average molecular weight is 1100 g/mol. The first-order valence-corrected chi connectivity index (χ1v) is 27.2. The molecule has 7 rings (SSSR count). The van der Waals surface area contributed by atoms with E-state index in [0.717, 1.165) is 12.0 Å². The van der Waals surface area contributed by atoms with Gasteiger partial charge in [0.15, 0.2) is 24.5 Å². The van der Waals surface area contributed by atoms with Crippen LogP contribution in [0, 0.1) is 23.7 Å². The molecule has 0 aromatic heterocycles. The molecule has 4 fully saturated rings. The number of allylic oxidation sites excluding steroid dienone is 2. The summed E-state index contributed by atoms with van der Waals surface area (Å²) >= 11 is 17.0. The van der Waals surface area contributed by atoms with Crippen molar-refractivity contribution < 1.29 is 81.4 Å². The van der Waals surface area contributed by atoms with E-state index in [0.29, 0.717) is 30.4 Å². The highest BCUT2D eigenvalue weighted by Crippen LogP contribution is 2.47. The summed E-state index contributed by atoms with van der Waals surface area (Å²) < 4.78 is 73.3. The zero-order chi connectivity index (χ0) is 53.9. The molecular weight excluding hydrogens is 1030 g/mol. The number of rotatable bonds is 13. The maximum Gasteiger partial charge on any atom is 0.316 e. The van der Waals surface area contributed by atoms with Gasteiger partial charge >= 0.3 is 17.9 Å². The minimum Gasteiger partial charge on any atom is -0.462 e. The lowest BCUT2D eigenvalue weighted by Crippen LogP contribution is -2.58. The number of fused-ring (bicyclic) bond motifs is 2. The Kier molecular flexibility index (Phi) is 20.1. The average Bonchev–Trinajstić information content (AvgIpc) is 3.69. The number of aliphatic hydroxyl groups is 2. The third-order valence-corrected chi connectivity index (χ3v) is 16.0. The van der Waals surface area contributed by atoms with Gasteiger partial charge in [-0.3, -0.25) is 14.4 Å². The summed E-state index contributed by atoms with van der Waals surface area (Å²) in [7, 11) is 3.11. The van der Waals surface area contributed by atoms with Gasteiger partial charge in [0, 0.05) is 51.7 Å². The number of alkyl halides is 3. The second-order valence-corrected chi connectivity index (χ2v) is 23.7. The molecular formula is C54H77Cl3O17. The van der Waals surface area contributed by atoms with E-state index in [2.05, 4.69) is 32.9 Å². The van der Waals surface area contributed by atoms with Crippen LogP contribution < -0.4 is 0 Å². The second kappa shape index (κ2) is 25.1. The molecule has 7 aliphatic rings. The van der Waals surface area contributed by atoms with E-state index in [1.165, 1.54) is 7.11 Å². The molecule has 74 heavy (non-hydrogen) atoms. The highest BCUT2D eigenvalue weighted by atomic mass is 35.6. The Labute approximate surface area is 450 Å². The zero-order valence-corrected chi connectivity index (χ0v) is 46.4. The first kappa shape index (κ1) is 59.2. The Morgan fingerprint density at radius 3 is 2.22 bits per heavy atom. The first-order valence-electron chi connectivity index (χ1n) is 26.1. The fourth-order valence-corrected chi connectivity index (χ4v) is 11.5. The summed E-state index contributed by atoms with van der Waals surface area (Å²) in [5.41, 5.74) is -0.00236. The van der Waals surface area contributed by atoms with E-state index in [4.69, 9.17) is 91.6 Å². The number of carbonyl (C=O) groups excluding carboxylic acids is 3. The molecule has 4 saturated heterocycles. The monoisotopic (exact) mass is 1100 g/mol. The molecule has 0 amide bonds. The molecule has 17 nitrogen and oxygen atoms in total. The second-order valence-electron chi connectivity index (χ2n) is 21.2. The summed E-state index contributed by atoms with van der Waals surface area (Å²) in [4.78, 5) is 39.3. The van der Waals surface area contributed by atoms with E-state index < -0.39 is 125 Å². The molecule has 0 aromatic carbocycles. The zero-order valence-electron chi connectivity index (χ0n) is 44.2. The normalized spacial score (nSPS) is 43.1. The minimum absolute atomic E-state index is 0.000516. The van der Waals surface area contributed by atoms with Crippen molar-refractivity contribution in [3.63, 3.8) is 0 Å². The molecule has 20 atom stereocenters. The Bertz CT molecular complexity index is 2130. The smallest absolute Gasteiger partial charge is 0.316 e. The van der Waals surface area contributed by atoms with Gasteiger partial charge < -0.3 is 67.1 Å². The Morgan fingerprint density at radius 2 is 1.54 bits per heavy atom. The Hall–Kier alpha value is -2.46. The summed E-state index contributed by atoms with van der Waals surface area (Å²) in [6.45, 7) is 15.4. The first-order chi connectivity index (χ1) is 35.0. The number of hydrogen-bond acceptors (Lipinski definition) is 17. The number of aliphatic hydroxyl groups excluding tert-OH is 1. The highest BCUT2D eigenvalue weighted by molar-refractivity contribution is 6.67.